The number of hydrogen-bond donors (Lipinski definition) is 0. The van der Waals surface area contributed by atoms with Gasteiger partial charge < -0.3 is 0 Å². The first-order valence-electron chi connectivity index (χ1n) is 5.86. The van der Waals surface area contributed by atoms with Crippen molar-refractivity contribution in [3.8, 4) is 6.07 Å². The van der Waals surface area contributed by atoms with E-state index in [1.807, 2.05) is 0 Å². The molecule has 0 N–H and O–H groups in total. The van der Waals surface area contributed by atoms with Gasteiger partial charge in [-0.2, -0.15) is 5.26 Å². The molecule has 1 rings (SSSR count). The molecular weight excluding hydrogens is 220 g/mol. The Kier molecular flexibility index (Phi) is 4.62. The first-order valence-corrected chi connectivity index (χ1v) is 5.86. The van der Waals surface area contributed by atoms with Crippen molar-refractivity contribution in [3.63, 3.8) is 0 Å². The van der Waals surface area contributed by atoms with Gasteiger partial charge in [0, 0.05) is 18.4 Å². The number of alkyl halides is 2. The summed E-state index contributed by atoms with van der Waals surface area (Å²) in [7, 11) is 0. The lowest BCUT2D eigenvalue weighted by Crippen LogP contribution is -2.12. The quantitative estimate of drug-likeness (QED) is 0.734. The number of halogens is 2. The van der Waals surface area contributed by atoms with Gasteiger partial charge in [0.1, 0.15) is 0 Å². The maximum atomic E-state index is 13.6. The molecule has 1 unspecified atom stereocenters. The second kappa shape index (κ2) is 5.77. The van der Waals surface area contributed by atoms with Gasteiger partial charge in [-0.05, 0) is 17.9 Å². The Balaban J connectivity index is 2.83. The van der Waals surface area contributed by atoms with E-state index in [1.165, 1.54) is 12.1 Å². The van der Waals surface area contributed by atoms with Gasteiger partial charge in [-0.1, -0.05) is 38.1 Å². The lowest BCUT2D eigenvalue weighted by molar-refractivity contribution is -0.0119. The summed E-state index contributed by atoms with van der Waals surface area (Å²) in [6.45, 7) is 4.14. The molecular formula is C14H17F2N. The Morgan fingerprint density at radius 1 is 1.29 bits per heavy atom. The Morgan fingerprint density at radius 2 is 1.88 bits per heavy atom. The maximum Gasteiger partial charge on any atom is 0.274 e. The molecule has 0 saturated carbocycles. The normalized spacial score (nSPS) is 13.1. The average Bonchev–Trinajstić information content (AvgIpc) is 2.35. The van der Waals surface area contributed by atoms with Gasteiger partial charge in [-0.15, -0.1) is 0 Å². The summed E-state index contributed by atoms with van der Waals surface area (Å²) in [6, 6.07) is 8.20. The zero-order valence-corrected chi connectivity index (χ0v) is 10.2. The van der Waals surface area contributed by atoms with Gasteiger partial charge in [0.05, 0.1) is 6.07 Å². The van der Waals surface area contributed by atoms with Crippen LogP contribution in [0.4, 0.5) is 8.78 Å². The lowest BCUT2D eigenvalue weighted by Gasteiger charge is -2.16. The third-order valence-corrected chi connectivity index (χ3v) is 3.07. The largest absolute Gasteiger partial charge is 0.274 e. The smallest absolute Gasteiger partial charge is 0.201 e. The third kappa shape index (κ3) is 3.52. The highest BCUT2D eigenvalue weighted by atomic mass is 19.3. The highest BCUT2D eigenvalue weighted by Gasteiger charge is 2.30. The molecule has 92 valence electrons. The zero-order valence-electron chi connectivity index (χ0n) is 10.2. The van der Waals surface area contributed by atoms with Crippen molar-refractivity contribution in [2.75, 3.05) is 0 Å². The van der Waals surface area contributed by atoms with Gasteiger partial charge in [0.25, 0.3) is 5.92 Å². The van der Waals surface area contributed by atoms with Crippen LogP contribution in [0.5, 0.6) is 0 Å². The molecule has 0 fully saturated rings. The molecule has 0 aliphatic carbocycles. The van der Waals surface area contributed by atoms with Gasteiger partial charge in [-0.25, -0.2) is 8.78 Å². The second-order valence-electron chi connectivity index (χ2n) is 4.29. The van der Waals surface area contributed by atoms with Gasteiger partial charge >= 0.3 is 0 Å². The summed E-state index contributed by atoms with van der Waals surface area (Å²) < 4.78 is 27.2. The first kappa shape index (κ1) is 13.6. The van der Waals surface area contributed by atoms with E-state index < -0.39 is 12.3 Å². The van der Waals surface area contributed by atoms with E-state index in [2.05, 4.69) is 13.8 Å². The highest BCUT2D eigenvalue weighted by molar-refractivity contribution is 5.27. The summed E-state index contributed by atoms with van der Waals surface area (Å²) in [4.78, 5) is 0. The molecule has 3 heteroatoms. The van der Waals surface area contributed by atoms with Crippen molar-refractivity contribution in [3.05, 3.63) is 35.4 Å². The molecule has 0 aliphatic rings. The fourth-order valence-electron chi connectivity index (χ4n) is 1.65. The molecule has 17 heavy (non-hydrogen) atoms. The van der Waals surface area contributed by atoms with Crippen LogP contribution in [0.2, 0.25) is 0 Å². The predicted octanol–water partition coefficient (Wildman–Crippen LogP) is 4.60. The monoisotopic (exact) mass is 237 g/mol. The minimum absolute atomic E-state index is 0.000182. The fraction of sp³-hybridized carbons (Fsp3) is 0.500. The van der Waals surface area contributed by atoms with Crippen LogP contribution in [0.1, 0.15) is 50.2 Å². The van der Waals surface area contributed by atoms with Crippen molar-refractivity contribution in [2.24, 2.45) is 0 Å². The van der Waals surface area contributed by atoms with E-state index in [9.17, 15) is 8.78 Å². The van der Waals surface area contributed by atoms with Gasteiger partial charge in [0.2, 0.25) is 0 Å². The number of hydrogen-bond acceptors (Lipinski definition) is 1. The van der Waals surface area contributed by atoms with Gasteiger partial charge in [-0.3, -0.25) is 0 Å². The lowest BCUT2D eigenvalue weighted by atomic mass is 9.95. The van der Waals surface area contributed by atoms with Crippen LogP contribution in [-0.2, 0) is 5.92 Å². The number of nitrogens with zero attached hydrogens (tertiary/aromatic N) is 1. The van der Waals surface area contributed by atoms with Crippen molar-refractivity contribution >= 4 is 0 Å². The summed E-state index contributed by atoms with van der Waals surface area (Å²) in [5.41, 5.74) is 1.08. The average molecular weight is 237 g/mol. The van der Waals surface area contributed by atoms with Crippen molar-refractivity contribution in [1.82, 2.24) is 0 Å². The topological polar surface area (TPSA) is 23.8 Å². The molecule has 0 heterocycles. The highest BCUT2D eigenvalue weighted by Crippen LogP contribution is 2.33. The minimum atomic E-state index is -2.90. The zero-order chi connectivity index (χ0) is 12.9. The molecule has 0 amide bonds. The van der Waals surface area contributed by atoms with E-state index in [0.29, 0.717) is 5.92 Å². The Labute approximate surface area is 101 Å². The number of nitriles is 1. The van der Waals surface area contributed by atoms with E-state index in [4.69, 9.17) is 5.26 Å². The van der Waals surface area contributed by atoms with Crippen molar-refractivity contribution < 1.29 is 8.78 Å². The summed E-state index contributed by atoms with van der Waals surface area (Å²) >= 11 is 0. The summed E-state index contributed by atoms with van der Waals surface area (Å²) in [5.74, 6) is -2.51. The molecule has 1 aromatic carbocycles. The summed E-state index contributed by atoms with van der Waals surface area (Å²) in [5, 5.41) is 8.34. The fourth-order valence-corrected chi connectivity index (χ4v) is 1.65. The van der Waals surface area contributed by atoms with E-state index in [1.54, 1.807) is 18.2 Å². The predicted molar refractivity (Wildman–Crippen MR) is 63.9 cm³/mol. The van der Waals surface area contributed by atoms with Crippen LogP contribution in [0.25, 0.3) is 0 Å². The molecule has 0 bridgehead atoms. The first-order chi connectivity index (χ1) is 8.01. The number of rotatable bonds is 5. The molecule has 0 radical (unpaired) electrons. The molecule has 1 atom stereocenters. The van der Waals surface area contributed by atoms with E-state index in [0.717, 1.165) is 12.0 Å². The van der Waals surface area contributed by atoms with Crippen LogP contribution in [0.3, 0.4) is 0 Å². The second-order valence-corrected chi connectivity index (χ2v) is 4.29. The SMILES string of the molecule is CCC(C)c1ccc(C(F)(F)CCC#N)cc1. The third-order valence-electron chi connectivity index (χ3n) is 3.07. The Bertz CT molecular complexity index is 390. The number of benzene rings is 1. The molecule has 1 aromatic rings. The minimum Gasteiger partial charge on any atom is -0.201 e. The van der Waals surface area contributed by atoms with Crippen molar-refractivity contribution in [1.29, 1.82) is 5.26 Å². The van der Waals surface area contributed by atoms with Crippen LogP contribution < -0.4 is 0 Å². The van der Waals surface area contributed by atoms with Crippen LogP contribution >= 0.6 is 0 Å². The van der Waals surface area contributed by atoms with E-state index in [-0.39, 0.29) is 12.0 Å². The molecule has 0 aromatic heterocycles. The van der Waals surface area contributed by atoms with Gasteiger partial charge in [0.15, 0.2) is 0 Å². The van der Waals surface area contributed by atoms with Crippen LogP contribution in [0, 0.1) is 11.3 Å². The summed E-state index contributed by atoms with van der Waals surface area (Å²) in [6.07, 6.45) is 0.455. The Morgan fingerprint density at radius 3 is 2.35 bits per heavy atom. The van der Waals surface area contributed by atoms with Crippen LogP contribution in [-0.4, -0.2) is 0 Å². The van der Waals surface area contributed by atoms with Crippen molar-refractivity contribution in [2.45, 2.75) is 45.0 Å². The maximum absolute atomic E-state index is 13.6. The van der Waals surface area contributed by atoms with Crippen LogP contribution in [0.15, 0.2) is 24.3 Å². The Hall–Kier alpha value is -1.43. The molecule has 1 nitrogen and oxygen atoms in total. The van der Waals surface area contributed by atoms with E-state index >= 15 is 0 Å². The molecule has 0 saturated heterocycles. The molecule has 0 aliphatic heterocycles. The molecule has 0 spiro atoms. The standard InChI is InChI=1S/C14H17F2N/c1-3-11(2)12-5-7-13(8-6-12)14(15,16)9-4-10-17/h5-8,11H,3-4,9H2,1-2H3.